The van der Waals surface area contributed by atoms with Gasteiger partial charge in [-0.15, -0.1) is 0 Å². The van der Waals surface area contributed by atoms with Gasteiger partial charge in [0.15, 0.2) is 0 Å². The first kappa shape index (κ1) is 14.0. The van der Waals surface area contributed by atoms with Crippen LogP contribution in [0.5, 0.6) is 0 Å². The predicted molar refractivity (Wildman–Crippen MR) is 72.9 cm³/mol. The maximum atomic E-state index is 11.6. The number of halogens is 1. The van der Waals surface area contributed by atoms with E-state index in [-0.39, 0.29) is 11.4 Å². The molecule has 0 unspecified atom stereocenters. The SMILES string of the molecule is CC(C)(C)NC(=O)CCNc1ccncc1Br. The van der Waals surface area contributed by atoms with Crippen molar-refractivity contribution in [1.29, 1.82) is 0 Å². The Labute approximate surface area is 110 Å². The highest BCUT2D eigenvalue weighted by Gasteiger charge is 2.12. The zero-order valence-corrected chi connectivity index (χ0v) is 12.0. The van der Waals surface area contributed by atoms with E-state index in [4.69, 9.17) is 0 Å². The molecule has 2 N–H and O–H groups in total. The van der Waals surface area contributed by atoms with Crippen molar-refractivity contribution in [3.8, 4) is 0 Å². The van der Waals surface area contributed by atoms with Crippen molar-refractivity contribution < 1.29 is 4.79 Å². The van der Waals surface area contributed by atoms with Crippen LogP contribution in [0, 0.1) is 0 Å². The van der Waals surface area contributed by atoms with E-state index < -0.39 is 0 Å². The molecule has 94 valence electrons. The minimum atomic E-state index is -0.172. The van der Waals surface area contributed by atoms with Crippen molar-refractivity contribution in [3.63, 3.8) is 0 Å². The van der Waals surface area contributed by atoms with Crippen molar-refractivity contribution in [2.24, 2.45) is 0 Å². The number of nitrogens with zero attached hydrogens (tertiary/aromatic N) is 1. The number of carbonyl (C=O) groups is 1. The number of hydrogen-bond donors (Lipinski definition) is 2. The topological polar surface area (TPSA) is 54.0 Å². The molecule has 0 aliphatic rings. The molecular formula is C12H18BrN3O. The fourth-order valence-electron chi connectivity index (χ4n) is 1.31. The highest BCUT2D eigenvalue weighted by molar-refractivity contribution is 9.10. The van der Waals surface area contributed by atoms with Gasteiger partial charge < -0.3 is 10.6 Å². The molecule has 0 spiro atoms. The summed E-state index contributed by atoms with van der Waals surface area (Å²) in [4.78, 5) is 15.5. The molecule has 0 aliphatic heterocycles. The Bertz CT molecular complexity index is 388. The largest absolute Gasteiger partial charge is 0.384 e. The number of hydrogen-bond acceptors (Lipinski definition) is 3. The van der Waals surface area contributed by atoms with E-state index in [1.54, 1.807) is 12.4 Å². The number of carbonyl (C=O) groups excluding carboxylic acids is 1. The van der Waals surface area contributed by atoms with Gasteiger partial charge in [-0.25, -0.2) is 0 Å². The van der Waals surface area contributed by atoms with E-state index >= 15 is 0 Å². The van der Waals surface area contributed by atoms with Gasteiger partial charge in [-0.1, -0.05) is 0 Å². The predicted octanol–water partition coefficient (Wildman–Crippen LogP) is 2.56. The Balaban J connectivity index is 2.34. The maximum Gasteiger partial charge on any atom is 0.222 e. The third-order valence-electron chi connectivity index (χ3n) is 1.95. The summed E-state index contributed by atoms with van der Waals surface area (Å²) < 4.78 is 0.899. The average Bonchev–Trinajstić information content (AvgIpc) is 2.18. The molecular weight excluding hydrogens is 282 g/mol. The second-order valence-electron chi connectivity index (χ2n) is 4.83. The van der Waals surface area contributed by atoms with Gasteiger partial charge in [0.1, 0.15) is 0 Å². The average molecular weight is 300 g/mol. The molecule has 0 aromatic carbocycles. The van der Waals surface area contributed by atoms with Gasteiger partial charge in [-0.05, 0) is 42.8 Å². The molecule has 0 bridgehead atoms. The van der Waals surface area contributed by atoms with Crippen LogP contribution in [0.1, 0.15) is 27.2 Å². The van der Waals surface area contributed by atoms with Crippen molar-refractivity contribution >= 4 is 27.5 Å². The molecule has 4 nitrogen and oxygen atoms in total. The van der Waals surface area contributed by atoms with E-state index in [1.165, 1.54) is 0 Å². The lowest BCUT2D eigenvalue weighted by atomic mass is 10.1. The van der Waals surface area contributed by atoms with Crippen LogP contribution in [-0.2, 0) is 4.79 Å². The summed E-state index contributed by atoms with van der Waals surface area (Å²) in [7, 11) is 0. The first-order valence-electron chi connectivity index (χ1n) is 5.53. The Hall–Kier alpha value is -1.10. The van der Waals surface area contributed by atoms with Crippen LogP contribution in [0.3, 0.4) is 0 Å². The lowest BCUT2D eigenvalue weighted by Crippen LogP contribution is -2.41. The molecule has 1 heterocycles. The van der Waals surface area contributed by atoms with Gasteiger partial charge >= 0.3 is 0 Å². The van der Waals surface area contributed by atoms with Gasteiger partial charge in [0.25, 0.3) is 0 Å². The molecule has 0 atom stereocenters. The van der Waals surface area contributed by atoms with Crippen LogP contribution >= 0.6 is 15.9 Å². The summed E-state index contributed by atoms with van der Waals surface area (Å²) in [6, 6.07) is 1.87. The summed E-state index contributed by atoms with van der Waals surface area (Å²) in [5.74, 6) is 0.0511. The van der Waals surface area contributed by atoms with Crippen LogP contribution in [0.2, 0.25) is 0 Å². The Kier molecular flexibility index (Phi) is 4.93. The molecule has 0 saturated heterocycles. The van der Waals surface area contributed by atoms with E-state index in [2.05, 4.69) is 31.5 Å². The van der Waals surface area contributed by atoms with Crippen molar-refractivity contribution in [3.05, 3.63) is 22.9 Å². The van der Waals surface area contributed by atoms with Gasteiger partial charge in [-0.2, -0.15) is 0 Å². The van der Waals surface area contributed by atoms with Gasteiger partial charge in [0.2, 0.25) is 5.91 Å². The first-order chi connectivity index (χ1) is 7.88. The Morgan fingerprint density at radius 3 is 2.76 bits per heavy atom. The molecule has 1 aromatic heterocycles. The quantitative estimate of drug-likeness (QED) is 0.898. The van der Waals surface area contributed by atoms with Crippen LogP contribution in [-0.4, -0.2) is 23.0 Å². The number of nitrogens with one attached hydrogen (secondary N) is 2. The number of rotatable bonds is 4. The summed E-state index contributed by atoms with van der Waals surface area (Å²) in [5.41, 5.74) is 0.775. The molecule has 0 fully saturated rings. The highest BCUT2D eigenvalue weighted by Crippen LogP contribution is 2.19. The van der Waals surface area contributed by atoms with E-state index in [0.29, 0.717) is 13.0 Å². The van der Waals surface area contributed by atoms with Crippen molar-refractivity contribution in [2.75, 3.05) is 11.9 Å². The molecule has 0 radical (unpaired) electrons. The van der Waals surface area contributed by atoms with Crippen LogP contribution < -0.4 is 10.6 Å². The fraction of sp³-hybridized carbons (Fsp3) is 0.500. The zero-order chi connectivity index (χ0) is 12.9. The van der Waals surface area contributed by atoms with E-state index in [0.717, 1.165) is 10.2 Å². The number of aromatic nitrogens is 1. The molecule has 17 heavy (non-hydrogen) atoms. The molecule has 1 aromatic rings. The van der Waals surface area contributed by atoms with Crippen LogP contribution in [0.15, 0.2) is 22.9 Å². The zero-order valence-electron chi connectivity index (χ0n) is 10.4. The molecule has 1 amide bonds. The smallest absolute Gasteiger partial charge is 0.222 e. The normalized spacial score (nSPS) is 11.1. The Morgan fingerprint density at radius 1 is 1.47 bits per heavy atom. The summed E-state index contributed by atoms with van der Waals surface area (Å²) in [5, 5.41) is 6.10. The minimum absolute atomic E-state index is 0.0511. The molecule has 0 aliphatic carbocycles. The molecule has 0 saturated carbocycles. The summed E-state index contributed by atoms with van der Waals surface area (Å²) >= 11 is 3.39. The lowest BCUT2D eigenvalue weighted by molar-refractivity contribution is -0.122. The monoisotopic (exact) mass is 299 g/mol. The number of pyridine rings is 1. The standard InChI is InChI=1S/C12H18BrN3O/c1-12(2,3)16-11(17)5-7-15-10-4-6-14-8-9(10)13/h4,6,8H,5,7H2,1-3H3,(H,14,15)(H,16,17). The van der Waals surface area contributed by atoms with Gasteiger partial charge in [-0.3, -0.25) is 9.78 Å². The molecule has 5 heteroatoms. The second kappa shape index (κ2) is 6.00. The van der Waals surface area contributed by atoms with Crippen molar-refractivity contribution in [1.82, 2.24) is 10.3 Å². The van der Waals surface area contributed by atoms with Gasteiger partial charge in [0.05, 0.1) is 10.2 Å². The third-order valence-corrected chi connectivity index (χ3v) is 2.59. The minimum Gasteiger partial charge on any atom is -0.384 e. The summed E-state index contributed by atoms with van der Waals surface area (Å²) in [6.07, 6.45) is 3.88. The second-order valence-corrected chi connectivity index (χ2v) is 5.68. The highest BCUT2D eigenvalue weighted by atomic mass is 79.9. The number of amides is 1. The van der Waals surface area contributed by atoms with E-state index in [9.17, 15) is 4.79 Å². The number of anilines is 1. The fourth-order valence-corrected chi connectivity index (χ4v) is 1.70. The first-order valence-corrected chi connectivity index (χ1v) is 6.32. The summed E-state index contributed by atoms with van der Waals surface area (Å²) in [6.45, 7) is 6.51. The lowest BCUT2D eigenvalue weighted by Gasteiger charge is -2.20. The van der Waals surface area contributed by atoms with Gasteiger partial charge in [0, 0.05) is 30.9 Å². The van der Waals surface area contributed by atoms with Crippen LogP contribution in [0.4, 0.5) is 5.69 Å². The Morgan fingerprint density at radius 2 is 2.18 bits per heavy atom. The van der Waals surface area contributed by atoms with E-state index in [1.807, 2.05) is 26.8 Å². The maximum absolute atomic E-state index is 11.6. The van der Waals surface area contributed by atoms with Crippen LogP contribution in [0.25, 0.3) is 0 Å². The van der Waals surface area contributed by atoms with Crippen molar-refractivity contribution in [2.45, 2.75) is 32.7 Å². The third kappa shape index (κ3) is 5.68. The molecule has 1 rings (SSSR count).